The summed E-state index contributed by atoms with van der Waals surface area (Å²) in [6.07, 6.45) is 2.39. The second-order valence-corrected chi connectivity index (χ2v) is 4.28. The van der Waals surface area contributed by atoms with E-state index in [0.717, 1.165) is 22.5 Å². The lowest BCUT2D eigenvalue weighted by Crippen LogP contribution is -1.98. The predicted molar refractivity (Wildman–Crippen MR) is 75.2 cm³/mol. The van der Waals surface area contributed by atoms with E-state index in [1.807, 2.05) is 43.4 Å². The number of nitrogens with one attached hydrogen (secondary N) is 1. The van der Waals surface area contributed by atoms with Crippen LogP contribution in [0.5, 0.6) is 0 Å². The van der Waals surface area contributed by atoms with Gasteiger partial charge in [0, 0.05) is 30.9 Å². The van der Waals surface area contributed by atoms with Crippen LogP contribution in [0.2, 0.25) is 0 Å². The Morgan fingerprint density at radius 3 is 2.79 bits per heavy atom. The molecule has 2 N–H and O–H groups in total. The van der Waals surface area contributed by atoms with Crippen molar-refractivity contribution in [3.63, 3.8) is 0 Å². The van der Waals surface area contributed by atoms with E-state index >= 15 is 0 Å². The van der Waals surface area contributed by atoms with Crippen LogP contribution in [0.4, 0.5) is 5.69 Å². The van der Waals surface area contributed by atoms with Gasteiger partial charge in [0.1, 0.15) is 0 Å². The number of aromatic nitrogens is 1. The number of pyridine rings is 1. The van der Waals surface area contributed by atoms with E-state index in [9.17, 15) is 4.79 Å². The molecule has 0 aliphatic rings. The average Bonchev–Trinajstić information content (AvgIpc) is 2.45. The molecular formula is C15H16N2O2. The van der Waals surface area contributed by atoms with Gasteiger partial charge in [-0.15, -0.1) is 0 Å². The second-order valence-electron chi connectivity index (χ2n) is 4.28. The van der Waals surface area contributed by atoms with Crippen molar-refractivity contribution in [2.24, 2.45) is 0 Å². The number of benzene rings is 1. The summed E-state index contributed by atoms with van der Waals surface area (Å²) < 4.78 is 0. The number of anilines is 1. The topological polar surface area (TPSA) is 62.2 Å². The van der Waals surface area contributed by atoms with E-state index in [0.29, 0.717) is 6.42 Å². The summed E-state index contributed by atoms with van der Waals surface area (Å²) >= 11 is 0. The third kappa shape index (κ3) is 3.55. The number of carbonyl (C=O) groups is 1. The fourth-order valence-electron chi connectivity index (χ4n) is 1.83. The second kappa shape index (κ2) is 6.00. The normalized spacial score (nSPS) is 10.2. The standard InChI is InChI=1S/C15H16N2O2/c1-16-13-4-2-3-12(9-13)14-7-5-11(10-17-14)6-8-15(18)19/h2-5,7,9-10,16H,6,8H2,1H3,(H,18,19). The van der Waals surface area contributed by atoms with Crippen LogP contribution >= 0.6 is 0 Å². The average molecular weight is 256 g/mol. The highest BCUT2D eigenvalue weighted by Crippen LogP contribution is 2.20. The third-order valence-corrected chi connectivity index (χ3v) is 2.90. The van der Waals surface area contributed by atoms with Gasteiger partial charge < -0.3 is 10.4 Å². The number of aliphatic carboxylic acids is 1. The quantitative estimate of drug-likeness (QED) is 0.863. The molecule has 1 heterocycles. The first-order valence-corrected chi connectivity index (χ1v) is 6.14. The molecule has 19 heavy (non-hydrogen) atoms. The number of carboxylic acids is 1. The maximum absolute atomic E-state index is 10.5. The van der Waals surface area contributed by atoms with Gasteiger partial charge in [-0.2, -0.15) is 0 Å². The molecule has 98 valence electrons. The van der Waals surface area contributed by atoms with Gasteiger partial charge in [0.2, 0.25) is 0 Å². The van der Waals surface area contributed by atoms with E-state index < -0.39 is 5.97 Å². The highest BCUT2D eigenvalue weighted by atomic mass is 16.4. The van der Waals surface area contributed by atoms with Crippen LogP contribution in [-0.2, 0) is 11.2 Å². The molecule has 0 spiro atoms. The zero-order valence-electron chi connectivity index (χ0n) is 10.8. The van der Waals surface area contributed by atoms with Crippen LogP contribution in [0.15, 0.2) is 42.6 Å². The summed E-state index contributed by atoms with van der Waals surface area (Å²) in [4.78, 5) is 14.9. The molecule has 2 aromatic rings. The monoisotopic (exact) mass is 256 g/mol. The van der Waals surface area contributed by atoms with Crippen molar-refractivity contribution in [3.05, 3.63) is 48.2 Å². The van der Waals surface area contributed by atoms with Gasteiger partial charge in [-0.05, 0) is 30.2 Å². The first-order valence-electron chi connectivity index (χ1n) is 6.14. The fraction of sp³-hybridized carbons (Fsp3) is 0.200. The summed E-state index contributed by atoms with van der Waals surface area (Å²) in [6, 6.07) is 11.8. The van der Waals surface area contributed by atoms with Crippen LogP contribution < -0.4 is 5.32 Å². The maximum Gasteiger partial charge on any atom is 0.303 e. The molecule has 1 aromatic carbocycles. The van der Waals surface area contributed by atoms with Crippen LogP contribution in [0.3, 0.4) is 0 Å². The van der Waals surface area contributed by atoms with Crippen molar-refractivity contribution < 1.29 is 9.90 Å². The van der Waals surface area contributed by atoms with Gasteiger partial charge in [0.15, 0.2) is 0 Å². The maximum atomic E-state index is 10.5. The minimum atomic E-state index is -0.786. The molecule has 1 aromatic heterocycles. The zero-order chi connectivity index (χ0) is 13.7. The highest BCUT2D eigenvalue weighted by molar-refractivity contribution is 5.67. The Labute approximate surface area is 112 Å². The molecule has 4 heteroatoms. The van der Waals surface area contributed by atoms with E-state index in [4.69, 9.17) is 5.11 Å². The summed E-state index contributed by atoms with van der Waals surface area (Å²) in [6.45, 7) is 0. The number of carboxylic acid groups (broad SMARTS) is 1. The van der Waals surface area contributed by atoms with Gasteiger partial charge in [0.05, 0.1) is 5.69 Å². The first kappa shape index (κ1) is 13.1. The van der Waals surface area contributed by atoms with Gasteiger partial charge in [-0.1, -0.05) is 18.2 Å². The summed E-state index contributed by atoms with van der Waals surface area (Å²) in [5, 5.41) is 11.7. The highest BCUT2D eigenvalue weighted by Gasteiger charge is 2.02. The minimum absolute atomic E-state index is 0.135. The Morgan fingerprint density at radius 1 is 1.32 bits per heavy atom. The lowest BCUT2D eigenvalue weighted by molar-refractivity contribution is -0.136. The minimum Gasteiger partial charge on any atom is -0.481 e. The Kier molecular flexibility index (Phi) is 4.13. The van der Waals surface area contributed by atoms with Crippen LogP contribution in [-0.4, -0.2) is 23.1 Å². The van der Waals surface area contributed by atoms with Crippen molar-refractivity contribution >= 4 is 11.7 Å². The molecule has 0 fully saturated rings. The molecule has 0 saturated heterocycles. The SMILES string of the molecule is CNc1cccc(-c2ccc(CCC(=O)O)cn2)c1. The number of nitrogens with zero attached hydrogens (tertiary/aromatic N) is 1. The molecule has 0 radical (unpaired) electrons. The Hall–Kier alpha value is -2.36. The summed E-state index contributed by atoms with van der Waals surface area (Å²) in [5.74, 6) is -0.786. The predicted octanol–water partition coefficient (Wildman–Crippen LogP) is 2.81. The zero-order valence-corrected chi connectivity index (χ0v) is 10.8. The summed E-state index contributed by atoms with van der Waals surface area (Å²) in [5.41, 5.74) is 3.90. The van der Waals surface area contributed by atoms with Crippen LogP contribution in [0.25, 0.3) is 11.3 Å². The molecule has 4 nitrogen and oxygen atoms in total. The Morgan fingerprint density at radius 2 is 2.16 bits per heavy atom. The molecule has 0 bridgehead atoms. The largest absolute Gasteiger partial charge is 0.481 e. The van der Waals surface area contributed by atoms with E-state index in [-0.39, 0.29) is 6.42 Å². The molecule has 0 amide bonds. The number of hydrogen-bond donors (Lipinski definition) is 2. The first-order chi connectivity index (χ1) is 9.19. The van der Waals surface area contributed by atoms with Gasteiger partial charge in [-0.25, -0.2) is 0 Å². The van der Waals surface area contributed by atoms with Crippen LogP contribution in [0, 0.1) is 0 Å². The van der Waals surface area contributed by atoms with E-state index in [1.54, 1.807) is 6.20 Å². The van der Waals surface area contributed by atoms with E-state index in [1.165, 1.54) is 0 Å². The number of hydrogen-bond acceptors (Lipinski definition) is 3. The lowest BCUT2D eigenvalue weighted by Gasteiger charge is -2.05. The van der Waals surface area contributed by atoms with Crippen molar-refractivity contribution in [1.82, 2.24) is 4.98 Å². The van der Waals surface area contributed by atoms with Crippen molar-refractivity contribution in [2.75, 3.05) is 12.4 Å². The Bertz CT molecular complexity index is 565. The number of aryl methyl sites for hydroxylation is 1. The molecule has 0 atom stereocenters. The summed E-state index contributed by atoms with van der Waals surface area (Å²) in [7, 11) is 1.88. The molecule has 0 aliphatic carbocycles. The smallest absolute Gasteiger partial charge is 0.303 e. The molecular weight excluding hydrogens is 240 g/mol. The number of rotatable bonds is 5. The third-order valence-electron chi connectivity index (χ3n) is 2.90. The molecule has 0 saturated carbocycles. The lowest BCUT2D eigenvalue weighted by atomic mass is 10.1. The van der Waals surface area contributed by atoms with Crippen molar-refractivity contribution in [1.29, 1.82) is 0 Å². The molecule has 2 rings (SSSR count). The molecule has 0 unspecified atom stereocenters. The van der Waals surface area contributed by atoms with Crippen molar-refractivity contribution in [3.8, 4) is 11.3 Å². The Balaban J connectivity index is 2.15. The fourth-order valence-corrected chi connectivity index (χ4v) is 1.83. The van der Waals surface area contributed by atoms with Gasteiger partial charge in [0.25, 0.3) is 0 Å². The van der Waals surface area contributed by atoms with Gasteiger partial charge in [-0.3, -0.25) is 9.78 Å². The van der Waals surface area contributed by atoms with E-state index in [2.05, 4.69) is 10.3 Å². The van der Waals surface area contributed by atoms with Crippen LogP contribution in [0.1, 0.15) is 12.0 Å². The molecule has 0 aliphatic heterocycles. The van der Waals surface area contributed by atoms with Crippen molar-refractivity contribution in [2.45, 2.75) is 12.8 Å². The van der Waals surface area contributed by atoms with Gasteiger partial charge >= 0.3 is 5.97 Å².